The van der Waals surface area contributed by atoms with Crippen molar-refractivity contribution in [1.82, 2.24) is 14.9 Å². The molecule has 0 amide bonds. The number of nitrogens with zero attached hydrogens (tertiary/aromatic N) is 3. The maximum atomic E-state index is 11.0. The number of hydrogen-bond acceptors (Lipinski definition) is 5. The van der Waals surface area contributed by atoms with Gasteiger partial charge in [-0.05, 0) is 72.6 Å². The number of imidazole rings is 1. The van der Waals surface area contributed by atoms with E-state index in [1.54, 1.807) is 12.1 Å². The first-order chi connectivity index (χ1) is 15.0. The number of nitrogens with two attached hydrogens (primary N) is 1. The van der Waals surface area contributed by atoms with Crippen molar-refractivity contribution in [1.29, 1.82) is 0 Å². The summed E-state index contributed by atoms with van der Waals surface area (Å²) in [7, 11) is 2.14. The van der Waals surface area contributed by atoms with Crippen LogP contribution in [0.3, 0.4) is 0 Å². The third-order valence-electron chi connectivity index (χ3n) is 6.14. The molecule has 1 atom stereocenters. The van der Waals surface area contributed by atoms with Crippen molar-refractivity contribution >= 4 is 22.1 Å². The van der Waals surface area contributed by atoms with E-state index in [1.165, 1.54) is 12.5 Å². The summed E-state index contributed by atoms with van der Waals surface area (Å²) >= 11 is 0. The number of hydrogen-bond donors (Lipinski definition) is 2. The molecule has 1 fully saturated rings. The van der Waals surface area contributed by atoms with E-state index >= 15 is 0 Å². The maximum Gasteiger partial charge on any atom is 0.292 e. The fourth-order valence-corrected chi connectivity index (χ4v) is 4.40. The van der Waals surface area contributed by atoms with Crippen molar-refractivity contribution in [2.24, 2.45) is 0 Å². The van der Waals surface area contributed by atoms with E-state index in [2.05, 4.69) is 52.2 Å². The number of rotatable bonds is 4. The lowest BCUT2D eigenvalue weighted by Gasteiger charge is -2.16. The van der Waals surface area contributed by atoms with E-state index in [0.29, 0.717) is 6.04 Å². The van der Waals surface area contributed by atoms with Gasteiger partial charge < -0.3 is 10.7 Å². The number of fused-ring (bicyclic) bond motifs is 1. The van der Waals surface area contributed by atoms with Crippen LogP contribution >= 0.6 is 0 Å². The van der Waals surface area contributed by atoms with Crippen molar-refractivity contribution in [2.45, 2.75) is 18.9 Å². The number of nitrogen functional groups attached to an aromatic ring is 1. The molecule has 5 rings (SSSR count). The fraction of sp³-hybridized carbons (Fsp3) is 0.208. The van der Waals surface area contributed by atoms with Gasteiger partial charge in [0.05, 0.1) is 22.9 Å². The van der Waals surface area contributed by atoms with E-state index in [4.69, 9.17) is 5.73 Å². The topological polar surface area (TPSA) is 101 Å². The number of anilines is 1. The first-order valence-corrected chi connectivity index (χ1v) is 10.3. The Bertz CT molecular complexity index is 1300. The van der Waals surface area contributed by atoms with Gasteiger partial charge in [-0.15, -0.1) is 0 Å². The highest BCUT2D eigenvalue weighted by atomic mass is 16.6. The van der Waals surface area contributed by atoms with E-state index < -0.39 is 4.92 Å². The Morgan fingerprint density at radius 3 is 2.42 bits per heavy atom. The molecule has 156 valence electrons. The highest BCUT2D eigenvalue weighted by Gasteiger charge is 2.25. The van der Waals surface area contributed by atoms with Gasteiger partial charge in [-0.2, -0.15) is 0 Å². The van der Waals surface area contributed by atoms with Gasteiger partial charge in [0.1, 0.15) is 11.5 Å². The summed E-state index contributed by atoms with van der Waals surface area (Å²) < 4.78 is 0. The molecule has 3 N–H and O–H groups in total. The highest BCUT2D eigenvalue weighted by molar-refractivity contribution is 5.91. The van der Waals surface area contributed by atoms with E-state index in [0.717, 1.165) is 51.9 Å². The molecular weight excluding hydrogens is 390 g/mol. The second-order valence-corrected chi connectivity index (χ2v) is 8.13. The van der Waals surface area contributed by atoms with E-state index in [1.807, 2.05) is 12.3 Å². The number of aromatic amines is 1. The van der Waals surface area contributed by atoms with Gasteiger partial charge in [0.15, 0.2) is 0 Å². The van der Waals surface area contributed by atoms with Crippen LogP contribution in [0.2, 0.25) is 0 Å². The molecule has 7 heteroatoms. The molecule has 0 bridgehead atoms. The lowest BCUT2D eigenvalue weighted by molar-refractivity contribution is -0.383. The zero-order valence-corrected chi connectivity index (χ0v) is 17.2. The minimum atomic E-state index is -0.466. The molecule has 31 heavy (non-hydrogen) atoms. The molecule has 1 aromatic heterocycles. The Hall–Kier alpha value is -3.71. The number of H-pyrrole nitrogens is 1. The monoisotopic (exact) mass is 413 g/mol. The minimum Gasteiger partial charge on any atom is -0.393 e. The van der Waals surface area contributed by atoms with E-state index in [9.17, 15) is 10.1 Å². The van der Waals surface area contributed by atoms with Gasteiger partial charge in [0, 0.05) is 11.6 Å². The number of nitro groups is 1. The van der Waals surface area contributed by atoms with Gasteiger partial charge in [0.25, 0.3) is 5.69 Å². The highest BCUT2D eigenvalue weighted by Crippen LogP contribution is 2.33. The Balaban J connectivity index is 1.45. The van der Waals surface area contributed by atoms with Crippen molar-refractivity contribution in [3.63, 3.8) is 0 Å². The van der Waals surface area contributed by atoms with Crippen molar-refractivity contribution in [3.8, 4) is 22.4 Å². The summed E-state index contributed by atoms with van der Waals surface area (Å²) in [6.45, 7) is 1.11. The summed E-state index contributed by atoms with van der Waals surface area (Å²) in [4.78, 5) is 21.0. The smallest absolute Gasteiger partial charge is 0.292 e. The standard InChI is InChI=1S/C24H23N5O2/c1-28-10-2-3-23(28)24-26-14-21(27-24)19-7-6-15-11-16(4-5-17(15)12-19)18-8-9-22(29(30)31)20(25)13-18/h4-9,11-14,23H,2-3,10,25H2,1H3,(H,26,27)/t23-/m0/s1. The predicted molar refractivity (Wildman–Crippen MR) is 123 cm³/mol. The first kappa shape index (κ1) is 19.3. The summed E-state index contributed by atoms with van der Waals surface area (Å²) in [6, 6.07) is 17.7. The van der Waals surface area contributed by atoms with E-state index in [-0.39, 0.29) is 11.4 Å². The molecule has 2 heterocycles. The zero-order chi connectivity index (χ0) is 21.5. The van der Waals surface area contributed by atoms with Crippen LogP contribution in [0.4, 0.5) is 11.4 Å². The third kappa shape index (κ3) is 3.53. The van der Waals surface area contributed by atoms with Gasteiger partial charge in [-0.1, -0.05) is 24.3 Å². The molecule has 1 aliphatic rings. The van der Waals surface area contributed by atoms with Crippen LogP contribution in [0.25, 0.3) is 33.2 Å². The van der Waals surface area contributed by atoms with Crippen LogP contribution in [-0.4, -0.2) is 33.4 Å². The zero-order valence-electron chi connectivity index (χ0n) is 17.2. The summed E-state index contributed by atoms with van der Waals surface area (Å²) in [6.07, 6.45) is 4.25. The molecule has 0 spiro atoms. The third-order valence-corrected chi connectivity index (χ3v) is 6.14. The summed E-state index contributed by atoms with van der Waals surface area (Å²) in [5.74, 6) is 1.03. The van der Waals surface area contributed by atoms with Gasteiger partial charge in [-0.3, -0.25) is 15.0 Å². The first-order valence-electron chi connectivity index (χ1n) is 10.3. The number of benzene rings is 3. The average Bonchev–Trinajstić information content (AvgIpc) is 3.41. The van der Waals surface area contributed by atoms with Crippen LogP contribution in [0.15, 0.2) is 60.8 Å². The van der Waals surface area contributed by atoms with Crippen LogP contribution in [0, 0.1) is 10.1 Å². The van der Waals surface area contributed by atoms with Crippen LogP contribution < -0.4 is 5.73 Å². The molecule has 7 nitrogen and oxygen atoms in total. The van der Waals surface area contributed by atoms with Crippen LogP contribution in [-0.2, 0) is 0 Å². The number of nitrogens with one attached hydrogen (secondary N) is 1. The molecule has 1 aliphatic heterocycles. The summed E-state index contributed by atoms with van der Waals surface area (Å²) in [5.41, 5.74) is 9.89. The van der Waals surface area contributed by atoms with Crippen molar-refractivity contribution in [3.05, 3.63) is 76.7 Å². The summed E-state index contributed by atoms with van der Waals surface area (Å²) in [5, 5.41) is 13.2. The van der Waals surface area contributed by atoms with Crippen molar-refractivity contribution < 1.29 is 4.92 Å². The lowest BCUT2D eigenvalue weighted by atomic mass is 9.99. The Morgan fingerprint density at radius 1 is 1.06 bits per heavy atom. The quantitative estimate of drug-likeness (QED) is 0.274. The fourth-order valence-electron chi connectivity index (χ4n) is 4.40. The Morgan fingerprint density at radius 2 is 1.74 bits per heavy atom. The second-order valence-electron chi connectivity index (χ2n) is 8.13. The van der Waals surface area contributed by atoms with Gasteiger partial charge in [-0.25, -0.2) is 4.98 Å². The molecule has 0 saturated carbocycles. The molecule has 0 radical (unpaired) electrons. The predicted octanol–water partition coefficient (Wildman–Crippen LogP) is 5.15. The molecule has 1 saturated heterocycles. The molecule has 3 aromatic carbocycles. The van der Waals surface area contributed by atoms with Crippen LogP contribution in [0.5, 0.6) is 0 Å². The normalized spacial score (nSPS) is 16.7. The number of aromatic nitrogens is 2. The Labute approximate surface area is 179 Å². The second kappa shape index (κ2) is 7.52. The largest absolute Gasteiger partial charge is 0.393 e. The number of likely N-dealkylation sites (tertiary alicyclic amines) is 1. The maximum absolute atomic E-state index is 11.0. The SMILES string of the molecule is CN1CCC[C@H]1c1ncc(-c2ccc3cc(-c4ccc([N+](=O)[O-])c(N)c4)ccc3c2)[nH]1. The Kier molecular flexibility index (Phi) is 4.67. The molecule has 4 aromatic rings. The lowest BCUT2D eigenvalue weighted by Crippen LogP contribution is -2.18. The van der Waals surface area contributed by atoms with Gasteiger partial charge >= 0.3 is 0 Å². The molecule has 0 aliphatic carbocycles. The number of nitro benzene ring substituents is 1. The van der Waals surface area contributed by atoms with Gasteiger partial charge in [0.2, 0.25) is 0 Å². The minimum absolute atomic E-state index is 0.0723. The van der Waals surface area contributed by atoms with Crippen LogP contribution in [0.1, 0.15) is 24.7 Å². The molecular formula is C24H23N5O2. The molecule has 0 unspecified atom stereocenters. The average molecular weight is 413 g/mol. The van der Waals surface area contributed by atoms with Crippen molar-refractivity contribution in [2.75, 3.05) is 19.3 Å².